The first-order valence-corrected chi connectivity index (χ1v) is 5.14. The summed E-state index contributed by atoms with van der Waals surface area (Å²) >= 11 is 0. The number of nitrogen functional groups attached to an aromatic ring is 1. The maximum absolute atomic E-state index is 13.4. The highest BCUT2D eigenvalue weighted by Crippen LogP contribution is 2.14. The van der Waals surface area contributed by atoms with Crippen LogP contribution in [-0.2, 0) is 6.42 Å². The van der Waals surface area contributed by atoms with Gasteiger partial charge in [0, 0.05) is 24.5 Å². The minimum absolute atomic E-state index is 0.0113. The Morgan fingerprint density at radius 1 is 1.29 bits per heavy atom. The van der Waals surface area contributed by atoms with E-state index in [2.05, 4.69) is 4.98 Å². The van der Waals surface area contributed by atoms with Crippen molar-refractivity contribution in [1.82, 2.24) is 4.98 Å². The third-order valence-corrected chi connectivity index (χ3v) is 2.46. The fraction of sp³-hybridized carbons (Fsp3) is 0.0769. The van der Waals surface area contributed by atoms with Crippen LogP contribution in [0.3, 0.4) is 0 Å². The average Bonchev–Trinajstić information content (AvgIpc) is 2.32. The number of benzene rings is 1. The molecule has 2 aromatic rings. The van der Waals surface area contributed by atoms with Gasteiger partial charge in [0.2, 0.25) is 0 Å². The molecule has 0 spiro atoms. The summed E-state index contributed by atoms with van der Waals surface area (Å²) in [6.07, 6.45) is 2.90. The number of carbonyl (C=O) groups excluding carboxylic acids is 1. The number of rotatable bonds is 3. The standard InChI is InChI=1S/C13H11FN2O/c14-11-4-2-1-3-9(11)7-13(17)10-8-16-6-5-12(10)15/h1-6,8H,7H2,(H2,15,16). The van der Waals surface area contributed by atoms with Crippen LogP contribution in [0.25, 0.3) is 0 Å². The highest BCUT2D eigenvalue weighted by molar-refractivity contribution is 6.01. The first-order chi connectivity index (χ1) is 8.18. The highest BCUT2D eigenvalue weighted by atomic mass is 19.1. The molecule has 2 rings (SSSR count). The number of carbonyl (C=O) groups is 1. The highest BCUT2D eigenvalue weighted by Gasteiger charge is 2.12. The van der Waals surface area contributed by atoms with Crippen molar-refractivity contribution < 1.29 is 9.18 Å². The summed E-state index contributed by atoms with van der Waals surface area (Å²) in [7, 11) is 0. The number of hydrogen-bond donors (Lipinski definition) is 1. The van der Waals surface area contributed by atoms with Gasteiger partial charge in [0.15, 0.2) is 5.78 Å². The summed E-state index contributed by atoms with van der Waals surface area (Å²) < 4.78 is 13.4. The second-order valence-electron chi connectivity index (χ2n) is 3.65. The van der Waals surface area contributed by atoms with E-state index in [0.717, 1.165) is 0 Å². The number of hydrogen-bond acceptors (Lipinski definition) is 3. The monoisotopic (exact) mass is 230 g/mol. The van der Waals surface area contributed by atoms with E-state index >= 15 is 0 Å². The molecule has 86 valence electrons. The predicted octanol–water partition coefficient (Wildman–Crippen LogP) is 2.23. The summed E-state index contributed by atoms with van der Waals surface area (Å²) in [6.45, 7) is 0. The first-order valence-electron chi connectivity index (χ1n) is 5.14. The first kappa shape index (κ1) is 11.3. The van der Waals surface area contributed by atoms with Crippen molar-refractivity contribution >= 4 is 11.5 Å². The fourth-order valence-corrected chi connectivity index (χ4v) is 1.55. The van der Waals surface area contributed by atoms with E-state index < -0.39 is 0 Å². The van der Waals surface area contributed by atoms with Gasteiger partial charge in [0.1, 0.15) is 5.82 Å². The number of nitrogens with zero attached hydrogens (tertiary/aromatic N) is 1. The molecule has 0 fully saturated rings. The molecular weight excluding hydrogens is 219 g/mol. The molecule has 0 aliphatic heterocycles. The van der Waals surface area contributed by atoms with Gasteiger partial charge in [-0.25, -0.2) is 4.39 Å². The molecule has 0 saturated carbocycles. The molecule has 2 N–H and O–H groups in total. The molecule has 1 aromatic heterocycles. The zero-order valence-corrected chi connectivity index (χ0v) is 9.06. The van der Waals surface area contributed by atoms with Crippen LogP contribution in [-0.4, -0.2) is 10.8 Å². The smallest absolute Gasteiger partial charge is 0.170 e. The molecule has 0 bridgehead atoms. The Hall–Kier alpha value is -2.23. The van der Waals surface area contributed by atoms with E-state index in [9.17, 15) is 9.18 Å². The Bertz CT molecular complexity index is 555. The Balaban J connectivity index is 2.24. The number of nitrogens with two attached hydrogens (primary N) is 1. The second-order valence-corrected chi connectivity index (χ2v) is 3.65. The zero-order chi connectivity index (χ0) is 12.3. The zero-order valence-electron chi connectivity index (χ0n) is 9.06. The van der Waals surface area contributed by atoms with E-state index in [4.69, 9.17) is 5.73 Å². The van der Waals surface area contributed by atoms with E-state index in [1.165, 1.54) is 18.5 Å². The molecule has 0 atom stereocenters. The fourth-order valence-electron chi connectivity index (χ4n) is 1.55. The number of halogens is 1. The van der Waals surface area contributed by atoms with Gasteiger partial charge in [0.05, 0.1) is 5.56 Å². The molecule has 0 saturated heterocycles. The Morgan fingerprint density at radius 2 is 2.06 bits per heavy atom. The van der Waals surface area contributed by atoms with Crippen LogP contribution in [0, 0.1) is 5.82 Å². The lowest BCUT2D eigenvalue weighted by molar-refractivity contribution is 0.0992. The maximum Gasteiger partial charge on any atom is 0.170 e. The summed E-state index contributed by atoms with van der Waals surface area (Å²) in [4.78, 5) is 15.7. The van der Waals surface area contributed by atoms with Gasteiger partial charge in [-0.05, 0) is 17.7 Å². The second kappa shape index (κ2) is 4.74. The molecule has 1 heterocycles. The van der Waals surface area contributed by atoms with Gasteiger partial charge in [-0.3, -0.25) is 9.78 Å². The third-order valence-electron chi connectivity index (χ3n) is 2.46. The Morgan fingerprint density at radius 3 is 2.76 bits per heavy atom. The van der Waals surface area contributed by atoms with E-state index in [1.54, 1.807) is 24.3 Å². The van der Waals surface area contributed by atoms with Crippen molar-refractivity contribution in [1.29, 1.82) is 0 Å². The van der Waals surface area contributed by atoms with E-state index in [-0.39, 0.29) is 18.0 Å². The molecule has 3 nitrogen and oxygen atoms in total. The predicted molar refractivity (Wildman–Crippen MR) is 63.1 cm³/mol. The van der Waals surface area contributed by atoms with Crippen LogP contribution < -0.4 is 5.73 Å². The Labute approximate surface area is 98.1 Å². The van der Waals surface area contributed by atoms with Crippen molar-refractivity contribution in [2.24, 2.45) is 0 Å². The molecule has 4 heteroatoms. The van der Waals surface area contributed by atoms with Crippen LogP contribution in [0.4, 0.5) is 10.1 Å². The molecule has 17 heavy (non-hydrogen) atoms. The van der Waals surface area contributed by atoms with Gasteiger partial charge >= 0.3 is 0 Å². The summed E-state index contributed by atoms with van der Waals surface area (Å²) in [6, 6.07) is 7.74. The number of anilines is 1. The number of aromatic nitrogens is 1. The SMILES string of the molecule is Nc1ccncc1C(=O)Cc1ccccc1F. The van der Waals surface area contributed by atoms with Crippen molar-refractivity contribution in [2.45, 2.75) is 6.42 Å². The van der Waals surface area contributed by atoms with Gasteiger partial charge in [0.25, 0.3) is 0 Å². The van der Waals surface area contributed by atoms with Gasteiger partial charge in [-0.15, -0.1) is 0 Å². The number of ketones is 1. The van der Waals surface area contributed by atoms with Crippen LogP contribution >= 0.6 is 0 Å². The van der Waals surface area contributed by atoms with Crippen LogP contribution in [0.15, 0.2) is 42.7 Å². The minimum atomic E-state index is -0.386. The summed E-state index contributed by atoms with van der Waals surface area (Å²) in [5.41, 5.74) is 6.71. The lowest BCUT2D eigenvalue weighted by Gasteiger charge is -2.04. The summed E-state index contributed by atoms with van der Waals surface area (Å²) in [5.74, 6) is -0.621. The van der Waals surface area contributed by atoms with Gasteiger partial charge in [-0.2, -0.15) is 0 Å². The van der Waals surface area contributed by atoms with Crippen molar-refractivity contribution in [3.8, 4) is 0 Å². The number of Topliss-reactive ketones (excluding diaryl/α,β-unsaturated/α-hetero) is 1. The van der Waals surface area contributed by atoms with E-state index in [0.29, 0.717) is 16.8 Å². The van der Waals surface area contributed by atoms with E-state index in [1.807, 2.05) is 0 Å². The van der Waals surface area contributed by atoms with Gasteiger partial charge < -0.3 is 5.73 Å². The molecule has 1 aromatic carbocycles. The molecular formula is C13H11FN2O. The lowest BCUT2D eigenvalue weighted by atomic mass is 10.0. The minimum Gasteiger partial charge on any atom is -0.398 e. The molecule has 0 unspecified atom stereocenters. The third kappa shape index (κ3) is 2.47. The molecule has 0 aliphatic rings. The quantitative estimate of drug-likeness (QED) is 0.822. The average molecular weight is 230 g/mol. The number of pyridine rings is 1. The largest absolute Gasteiger partial charge is 0.398 e. The van der Waals surface area contributed by atoms with Crippen LogP contribution in [0.5, 0.6) is 0 Å². The Kier molecular flexibility index (Phi) is 3.14. The molecule has 0 aliphatic carbocycles. The molecule has 0 radical (unpaired) electrons. The van der Waals surface area contributed by atoms with Crippen LogP contribution in [0.1, 0.15) is 15.9 Å². The molecule has 0 amide bonds. The van der Waals surface area contributed by atoms with Crippen molar-refractivity contribution in [3.63, 3.8) is 0 Å². The maximum atomic E-state index is 13.4. The van der Waals surface area contributed by atoms with Gasteiger partial charge in [-0.1, -0.05) is 18.2 Å². The summed E-state index contributed by atoms with van der Waals surface area (Å²) in [5, 5.41) is 0. The van der Waals surface area contributed by atoms with Crippen LogP contribution in [0.2, 0.25) is 0 Å². The van der Waals surface area contributed by atoms with Crippen molar-refractivity contribution in [2.75, 3.05) is 5.73 Å². The normalized spacial score (nSPS) is 10.2. The topological polar surface area (TPSA) is 56.0 Å². The lowest BCUT2D eigenvalue weighted by Crippen LogP contribution is -2.08. The van der Waals surface area contributed by atoms with Crippen molar-refractivity contribution in [3.05, 3.63) is 59.7 Å².